The van der Waals surface area contributed by atoms with Crippen molar-refractivity contribution in [3.8, 4) is 11.1 Å². The van der Waals surface area contributed by atoms with Crippen molar-refractivity contribution in [2.75, 3.05) is 13.2 Å². The summed E-state index contributed by atoms with van der Waals surface area (Å²) in [5, 5.41) is 24.0. The Hall–Kier alpha value is -2.62. The van der Waals surface area contributed by atoms with E-state index in [1.54, 1.807) is 43.3 Å². The van der Waals surface area contributed by atoms with Crippen molar-refractivity contribution >= 4 is 29.2 Å². The molecule has 210 valence electrons. The Balaban J connectivity index is 1.66. The summed E-state index contributed by atoms with van der Waals surface area (Å²) in [7, 11) is 0. The number of rotatable bonds is 11. The predicted molar refractivity (Wildman–Crippen MR) is 146 cm³/mol. The number of carboxylic acids is 1. The van der Waals surface area contributed by atoms with E-state index in [1.807, 2.05) is 19.9 Å². The fourth-order valence-electron chi connectivity index (χ4n) is 4.27. The summed E-state index contributed by atoms with van der Waals surface area (Å²) in [5.41, 5.74) is -0.120. The molecule has 10 heteroatoms. The second kappa shape index (κ2) is 12.7. The summed E-state index contributed by atoms with van der Waals surface area (Å²) in [6.07, 6.45) is -5.60. The normalized spacial score (nSPS) is 13.8. The highest BCUT2D eigenvalue weighted by Crippen LogP contribution is 2.37. The van der Waals surface area contributed by atoms with Crippen molar-refractivity contribution in [1.29, 1.82) is 0 Å². The summed E-state index contributed by atoms with van der Waals surface area (Å²) in [6.45, 7) is 5.95. The van der Waals surface area contributed by atoms with Gasteiger partial charge in [0.15, 0.2) is 0 Å². The zero-order chi connectivity index (χ0) is 29.0. The molecule has 0 saturated carbocycles. The van der Waals surface area contributed by atoms with Gasteiger partial charge in [-0.25, -0.2) is 4.79 Å². The maximum atomic E-state index is 13.6. The number of benzene rings is 3. The lowest BCUT2D eigenvalue weighted by molar-refractivity contribution is -0.138. The third-order valence-corrected chi connectivity index (χ3v) is 6.99. The fraction of sp³-hybridized carbons (Fsp3) is 0.345. The quantitative estimate of drug-likeness (QED) is 0.219. The Labute approximate surface area is 235 Å². The summed E-state index contributed by atoms with van der Waals surface area (Å²) in [6, 6.07) is 15.4. The monoisotopic (exact) mass is 583 g/mol. The molecule has 0 amide bonds. The number of alkyl halides is 3. The minimum atomic E-state index is -4.83. The Morgan fingerprint density at radius 1 is 1.03 bits per heavy atom. The standard InChI is InChI=1S/C29H30Cl2F3NO4/c1-17(39-16-20(36)15-35-28(2,3)14-18-8-11-25(30)26(31)12-18)21-6-4-5-7-22(21)19-9-10-23(27(37)38)24(13-19)29(32,33)34/h4-13,17,20,35-36H,14-16H2,1-3H3,(H,37,38)/t17?,20-/m1/s1. The first-order valence-electron chi connectivity index (χ1n) is 12.2. The van der Waals surface area contributed by atoms with Gasteiger partial charge in [0.1, 0.15) is 0 Å². The smallest absolute Gasteiger partial charge is 0.417 e. The van der Waals surface area contributed by atoms with Crippen molar-refractivity contribution in [3.05, 3.63) is 93.0 Å². The largest absolute Gasteiger partial charge is 0.478 e. The zero-order valence-electron chi connectivity index (χ0n) is 21.7. The minimum absolute atomic E-state index is 0.0168. The van der Waals surface area contributed by atoms with Crippen LogP contribution in [0.15, 0.2) is 60.7 Å². The maximum Gasteiger partial charge on any atom is 0.417 e. The molecule has 5 nitrogen and oxygen atoms in total. The van der Waals surface area contributed by atoms with Gasteiger partial charge in [-0.2, -0.15) is 13.2 Å². The molecule has 0 aliphatic carbocycles. The zero-order valence-corrected chi connectivity index (χ0v) is 23.2. The number of aliphatic hydroxyl groups excluding tert-OH is 1. The van der Waals surface area contributed by atoms with Gasteiger partial charge < -0.3 is 20.3 Å². The third-order valence-electron chi connectivity index (χ3n) is 6.25. The van der Waals surface area contributed by atoms with Crippen molar-refractivity contribution in [1.82, 2.24) is 5.32 Å². The summed E-state index contributed by atoms with van der Waals surface area (Å²) in [4.78, 5) is 11.3. The number of aromatic carboxylic acids is 1. The molecule has 3 aromatic carbocycles. The van der Waals surface area contributed by atoms with E-state index in [-0.39, 0.29) is 24.3 Å². The SMILES string of the molecule is CC(OC[C@H](O)CNC(C)(C)Cc1ccc(Cl)c(Cl)c1)c1ccccc1-c1ccc(C(=O)O)c(C(F)(F)F)c1. The Morgan fingerprint density at radius 2 is 1.72 bits per heavy atom. The van der Waals surface area contributed by atoms with Gasteiger partial charge in [0.2, 0.25) is 0 Å². The number of β-amino-alcohol motifs (C(OH)–C–C–N with tert-alkyl or cyclic N) is 1. The first kappa shape index (κ1) is 30.9. The lowest BCUT2D eigenvalue weighted by Gasteiger charge is -2.28. The molecule has 1 unspecified atom stereocenters. The van der Waals surface area contributed by atoms with Gasteiger partial charge in [-0.15, -0.1) is 0 Å². The molecule has 0 bridgehead atoms. The van der Waals surface area contributed by atoms with Crippen LogP contribution in [0.2, 0.25) is 10.0 Å². The number of hydrogen-bond donors (Lipinski definition) is 3. The number of carbonyl (C=O) groups is 1. The number of aliphatic hydroxyl groups is 1. The van der Waals surface area contributed by atoms with Gasteiger partial charge in [-0.1, -0.05) is 59.6 Å². The molecule has 0 aliphatic heterocycles. The molecule has 0 fully saturated rings. The summed E-state index contributed by atoms with van der Waals surface area (Å²) >= 11 is 12.1. The first-order chi connectivity index (χ1) is 18.2. The molecule has 3 aromatic rings. The van der Waals surface area contributed by atoms with E-state index in [4.69, 9.17) is 27.9 Å². The van der Waals surface area contributed by atoms with Crippen LogP contribution in [0.5, 0.6) is 0 Å². The lowest BCUT2D eigenvalue weighted by atomic mass is 9.93. The van der Waals surface area contributed by atoms with E-state index in [2.05, 4.69) is 5.32 Å². The maximum absolute atomic E-state index is 13.6. The van der Waals surface area contributed by atoms with E-state index in [0.29, 0.717) is 27.6 Å². The van der Waals surface area contributed by atoms with Crippen molar-refractivity contribution in [2.24, 2.45) is 0 Å². The van der Waals surface area contributed by atoms with Gasteiger partial charge in [-0.3, -0.25) is 0 Å². The fourth-order valence-corrected chi connectivity index (χ4v) is 4.59. The van der Waals surface area contributed by atoms with Crippen molar-refractivity contribution in [3.63, 3.8) is 0 Å². The van der Waals surface area contributed by atoms with E-state index in [0.717, 1.165) is 17.7 Å². The molecule has 0 saturated heterocycles. The number of ether oxygens (including phenoxy) is 1. The Kier molecular flexibility index (Phi) is 10.1. The molecule has 0 heterocycles. The van der Waals surface area contributed by atoms with E-state index in [1.165, 1.54) is 6.07 Å². The van der Waals surface area contributed by atoms with Crippen LogP contribution in [0.1, 0.15) is 53.9 Å². The van der Waals surface area contributed by atoms with Crippen LogP contribution < -0.4 is 5.32 Å². The Bertz CT molecular complexity index is 1310. The van der Waals surface area contributed by atoms with Crippen LogP contribution in [0.25, 0.3) is 11.1 Å². The van der Waals surface area contributed by atoms with E-state index < -0.39 is 35.5 Å². The lowest BCUT2D eigenvalue weighted by Crippen LogP contribution is -2.46. The molecular weight excluding hydrogens is 554 g/mol. The number of halogens is 5. The number of nitrogens with one attached hydrogen (secondary N) is 1. The van der Waals surface area contributed by atoms with Gasteiger partial charge in [0.25, 0.3) is 0 Å². The molecule has 3 rings (SSSR count). The topological polar surface area (TPSA) is 78.8 Å². The second-order valence-corrected chi connectivity index (χ2v) is 10.8. The molecule has 0 spiro atoms. The van der Waals surface area contributed by atoms with E-state index >= 15 is 0 Å². The van der Waals surface area contributed by atoms with E-state index in [9.17, 15) is 28.2 Å². The highest BCUT2D eigenvalue weighted by molar-refractivity contribution is 6.42. The molecule has 0 aromatic heterocycles. The highest BCUT2D eigenvalue weighted by atomic mass is 35.5. The van der Waals surface area contributed by atoms with Gasteiger partial charge in [0, 0.05) is 12.1 Å². The van der Waals surface area contributed by atoms with Crippen LogP contribution in [0, 0.1) is 0 Å². The second-order valence-electron chi connectivity index (χ2n) is 9.97. The predicted octanol–water partition coefficient (Wildman–Crippen LogP) is 7.43. The molecule has 0 aliphatic rings. The average Bonchev–Trinajstić information content (AvgIpc) is 2.87. The average molecular weight is 584 g/mol. The summed E-state index contributed by atoms with van der Waals surface area (Å²) in [5.74, 6) is -1.65. The van der Waals surface area contributed by atoms with Crippen LogP contribution in [0.3, 0.4) is 0 Å². The van der Waals surface area contributed by atoms with Crippen LogP contribution in [-0.2, 0) is 17.3 Å². The van der Waals surface area contributed by atoms with Gasteiger partial charge >= 0.3 is 12.1 Å². The molecular formula is C29H30Cl2F3NO4. The minimum Gasteiger partial charge on any atom is -0.478 e. The van der Waals surface area contributed by atoms with Crippen LogP contribution in [-0.4, -0.2) is 41.0 Å². The summed E-state index contributed by atoms with van der Waals surface area (Å²) < 4.78 is 46.5. The van der Waals surface area contributed by atoms with Crippen LogP contribution in [0.4, 0.5) is 13.2 Å². The highest BCUT2D eigenvalue weighted by Gasteiger charge is 2.36. The molecule has 0 radical (unpaired) electrons. The number of carboxylic acid groups (broad SMARTS) is 1. The Morgan fingerprint density at radius 3 is 2.36 bits per heavy atom. The van der Waals surface area contributed by atoms with Crippen LogP contribution >= 0.6 is 23.2 Å². The van der Waals surface area contributed by atoms with Crippen molar-refractivity contribution < 1.29 is 32.9 Å². The van der Waals surface area contributed by atoms with Gasteiger partial charge in [-0.05, 0) is 73.7 Å². The molecule has 3 N–H and O–H groups in total. The van der Waals surface area contributed by atoms with Gasteiger partial charge in [0.05, 0.1) is 40.0 Å². The molecule has 2 atom stereocenters. The first-order valence-corrected chi connectivity index (χ1v) is 13.0. The molecule has 39 heavy (non-hydrogen) atoms. The van der Waals surface area contributed by atoms with Crippen molar-refractivity contribution in [2.45, 2.75) is 51.1 Å². The third kappa shape index (κ3) is 8.43. The number of hydrogen-bond acceptors (Lipinski definition) is 4.